The normalized spacial score (nSPS) is 32.0. The van der Waals surface area contributed by atoms with Crippen molar-refractivity contribution in [2.75, 3.05) is 6.54 Å². The number of aliphatic hydroxyl groups excluding tert-OH is 1. The molecule has 5 heteroatoms. The summed E-state index contributed by atoms with van der Waals surface area (Å²) < 4.78 is 26.5. The summed E-state index contributed by atoms with van der Waals surface area (Å²) >= 11 is 0. The maximum absolute atomic E-state index is 12.5. The van der Waals surface area contributed by atoms with Crippen molar-refractivity contribution in [3.63, 3.8) is 0 Å². The number of aryl methyl sites for hydroxylation is 1. The van der Waals surface area contributed by atoms with E-state index in [2.05, 4.69) is 0 Å². The van der Waals surface area contributed by atoms with Crippen LogP contribution in [0.3, 0.4) is 0 Å². The summed E-state index contributed by atoms with van der Waals surface area (Å²) in [5.74, 6) is 0.152. The van der Waals surface area contributed by atoms with Gasteiger partial charge in [-0.2, -0.15) is 4.31 Å². The first-order chi connectivity index (χ1) is 8.51. The Morgan fingerprint density at radius 3 is 2.61 bits per heavy atom. The fraction of sp³-hybridized carbons (Fsp3) is 0.538. The third-order valence-electron chi connectivity index (χ3n) is 3.96. The van der Waals surface area contributed by atoms with Gasteiger partial charge in [-0.05, 0) is 31.9 Å². The predicted octanol–water partition coefficient (Wildman–Crippen LogP) is 1.14. The van der Waals surface area contributed by atoms with Crippen molar-refractivity contribution in [3.8, 4) is 0 Å². The lowest BCUT2D eigenvalue weighted by Gasteiger charge is -2.25. The Kier molecular flexibility index (Phi) is 2.73. The molecule has 1 heterocycles. The predicted molar refractivity (Wildman–Crippen MR) is 67.6 cm³/mol. The van der Waals surface area contributed by atoms with Gasteiger partial charge in [0.05, 0.1) is 17.0 Å². The average molecular weight is 267 g/mol. The Morgan fingerprint density at radius 2 is 1.94 bits per heavy atom. The van der Waals surface area contributed by atoms with Crippen molar-refractivity contribution in [1.29, 1.82) is 0 Å². The highest BCUT2D eigenvalue weighted by atomic mass is 32.2. The maximum atomic E-state index is 12.5. The van der Waals surface area contributed by atoms with Crippen molar-refractivity contribution in [2.45, 2.75) is 36.8 Å². The Balaban J connectivity index is 1.93. The molecule has 1 aliphatic carbocycles. The standard InChI is InChI=1S/C13H17NO3S/c1-9-4-6-10(7-5-9)18(16,17)14-8-2-3-11-12(14)13(11)15/h4-7,11-13,15H,2-3,8H2,1H3. The highest BCUT2D eigenvalue weighted by molar-refractivity contribution is 7.89. The molecule has 0 spiro atoms. The average Bonchev–Trinajstić information content (AvgIpc) is 3.01. The van der Waals surface area contributed by atoms with E-state index in [-0.39, 0.29) is 12.0 Å². The zero-order chi connectivity index (χ0) is 12.9. The smallest absolute Gasteiger partial charge is 0.243 e. The van der Waals surface area contributed by atoms with Crippen LogP contribution in [0.1, 0.15) is 18.4 Å². The summed E-state index contributed by atoms with van der Waals surface area (Å²) in [7, 11) is -3.45. The number of sulfonamides is 1. The van der Waals surface area contributed by atoms with E-state index in [1.54, 1.807) is 24.3 Å². The van der Waals surface area contributed by atoms with Crippen LogP contribution in [0.5, 0.6) is 0 Å². The molecule has 4 nitrogen and oxygen atoms in total. The molecular formula is C13H17NO3S. The third-order valence-corrected chi connectivity index (χ3v) is 5.87. The largest absolute Gasteiger partial charge is 0.391 e. The van der Waals surface area contributed by atoms with E-state index in [4.69, 9.17) is 0 Å². The van der Waals surface area contributed by atoms with E-state index >= 15 is 0 Å². The molecule has 3 unspecified atom stereocenters. The summed E-state index contributed by atoms with van der Waals surface area (Å²) in [6, 6.07) is 6.70. The van der Waals surface area contributed by atoms with E-state index in [1.807, 2.05) is 6.92 Å². The first-order valence-corrected chi connectivity index (χ1v) is 7.72. The minimum Gasteiger partial charge on any atom is -0.391 e. The molecule has 0 aromatic heterocycles. The van der Waals surface area contributed by atoms with Crippen LogP contribution in [-0.4, -0.2) is 36.5 Å². The number of benzene rings is 1. The highest BCUT2D eigenvalue weighted by Gasteiger charge is 2.57. The molecule has 98 valence electrons. The van der Waals surface area contributed by atoms with Gasteiger partial charge in [-0.1, -0.05) is 17.7 Å². The summed E-state index contributed by atoms with van der Waals surface area (Å²) in [6.07, 6.45) is 1.31. The lowest BCUT2D eigenvalue weighted by atomic mass is 10.2. The van der Waals surface area contributed by atoms with E-state index in [0.717, 1.165) is 18.4 Å². The molecule has 1 aromatic rings. The first-order valence-electron chi connectivity index (χ1n) is 6.28. The van der Waals surface area contributed by atoms with E-state index in [9.17, 15) is 13.5 Å². The molecule has 1 saturated carbocycles. The lowest BCUT2D eigenvalue weighted by Crippen LogP contribution is -2.38. The second kappa shape index (κ2) is 4.05. The summed E-state index contributed by atoms with van der Waals surface area (Å²) in [5.41, 5.74) is 1.04. The SMILES string of the molecule is Cc1ccc(S(=O)(=O)N2CCCC3C(O)C32)cc1. The van der Waals surface area contributed by atoms with Crippen molar-refractivity contribution in [3.05, 3.63) is 29.8 Å². The van der Waals surface area contributed by atoms with Gasteiger partial charge in [0.1, 0.15) is 0 Å². The van der Waals surface area contributed by atoms with Crippen LogP contribution in [0.25, 0.3) is 0 Å². The van der Waals surface area contributed by atoms with E-state index < -0.39 is 16.1 Å². The second-order valence-electron chi connectivity index (χ2n) is 5.22. The lowest BCUT2D eigenvalue weighted by molar-refractivity contribution is 0.240. The van der Waals surface area contributed by atoms with Gasteiger partial charge < -0.3 is 5.11 Å². The van der Waals surface area contributed by atoms with Gasteiger partial charge in [-0.3, -0.25) is 0 Å². The molecule has 0 radical (unpaired) electrons. The molecule has 1 saturated heterocycles. The molecule has 0 bridgehead atoms. The van der Waals surface area contributed by atoms with Crippen molar-refractivity contribution in [1.82, 2.24) is 4.31 Å². The minimum absolute atomic E-state index is 0.152. The van der Waals surface area contributed by atoms with Gasteiger partial charge in [-0.15, -0.1) is 0 Å². The fourth-order valence-corrected chi connectivity index (χ4v) is 4.54. The number of hydrogen-bond acceptors (Lipinski definition) is 3. The third kappa shape index (κ3) is 1.77. The van der Waals surface area contributed by atoms with Crippen LogP contribution in [0.15, 0.2) is 29.2 Å². The molecule has 3 atom stereocenters. The molecule has 18 heavy (non-hydrogen) atoms. The molecule has 1 aliphatic heterocycles. The van der Waals surface area contributed by atoms with Crippen LogP contribution in [0, 0.1) is 12.8 Å². The molecule has 2 aliphatic rings. The summed E-state index contributed by atoms with van der Waals surface area (Å²) in [4.78, 5) is 0.327. The van der Waals surface area contributed by atoms with Crippen LogP contribution in [-0.2, 0) is 10.0 Å². The fourth-order valence-electron chi connectivity index (χ4n) is 2.82. The molecule has 1 aromatic carbocycles. The number of fused-ring (bicyclic) bond motifs is 1. The van der Waals surface area contributed by atoms with Gasteiger partial charge in [0.15, 0.2) is 0 Å². The monoisotopic (exact) mass is 267 g/mol. The summed E-state index contributed by atoms with van der Waals surface area (Å²) in [6.45, 7) is 2.45. The van der Waals surface area contributed by atoms with Crippen LogP contribution in [0.2, 0.25) is 0 Å². The zero-order valence-corrected chi connectivity index (χ0v) is 11.1. The number of hydrogen-bond donors (Lipinski definition) is 1. The summed E-state index contributed by atoms with van der Waals surface area (Å²) in [5, 5.41) is 9.74. The van der Waals surface area contributed by atoms with Crippen molar-refractivity contribution >= 4 is 10.0 Å². The Labute approximate surface area is 107 Å². The highest BCUT2D eigenvalue weighted by Crippen LogP contribution is 2.45. The van der Waals surface area contributed by atoms with Gasteiger partial charge >= 0.3 is 0 Å². The van der Waals surface area contributed by atoms with Crippen LogP contribution >= 0.6 is 0 Å². The Bertz CT molecular complexity index is 552. The molecule has 1 N–H and O–H groups in total. The molecule has 3 rings (SSSR count). The first kappa shape index (κ1) is 12.1. The number of aliphatic hydroxyl groups is 1. The van der Waals surface area contributed by atoms with Crippen LogP contribution in [0.4, 0.5) is 0 Å². The molecular weight excluding hydrogens is 250 g/mol. The van der Waals surface area contributed by atoms with Gasteiger partial charge in [0.25, 0.3) is 0 Å². The molecule has 2 fully saturated rings. The maximum Gasteiger partial charge on any atom is 0.243 e. The number of rotatable bonds is 2. The quantitative estimate of drug-likeness (QED) is 0.874. The zero-order valence-electron chi connectivity index (χ0n) is 10.3. The van der Waals surface area contributed by atoms with E-state index in [0.29, 0.717) is 11.4 Å². The van der Waals surface area contributed by atoms with Crippen molar-refractivity contribution < 1.29 is 13.5 Å². The second-order valence-corrected chi connectivity index (χ2v) is 7.11. The Hall–Kier alpha value is -0.910. The Morgan fingerprint density at radius 1 is 1.28 bits per heavy atom. The van der Waals surface area contributed by atoms with Gasteiger partial charge in [-0.25, -0.2) is 8.42 Å². The van der Waals surface area contributed by atoms with Crippen LogP contribution < -0.4 is 0 Å². The number of piperidine rings is 1. The number of nitrogens with zero attached hydrogens (tertiary/aromatic N) is 1. The van der Waals surface area contributed by atoms with Gasteiger partial charge in [0.2, 0.25) is 10.0 Å². The molecule has 0 amide bonds. The van der Waals surface area contributed by atoms with Gasteiger partial charge in [0, 0.05) is 12.5 Å². The van der Waals surface area contributed by atoms with E-state index in [1.165, 1.54) is 4.31 Å². The van der Waals surface area contributed by atoms with Crippen molar-refractivity contribution in [2.24, 2.45) is 5.92 Å². The minimum atomic E-state index is -3.45. The topological polar surface area (TPSA) is 57.6 Å².